The van der Waals surface area contributed by atoms with Crippen molar-refractivity contribution in [1.29, 1.82) is 0 Å². The van der Waals surface area contributed by atoms with Crippen molar-refractivity contribution >= 4 is 15.8 Å². The molecule has 1 aliphatic heterocycles. The molecule has 0 aromatic carbocycles. The molecule has 0 saturated heterocycles. The van der Waals surface area contributed by atoms with E-state index in [2.05, 4.69) is 15.8 Å². The Morgan fingerprint density at radius 2 is 2.43 bits per heavy atom. The van der Waals surface area contributed by atoms with Crippen LogP contribution < -0.4 is 5.43 Å². The summed E-state index contributed by atoms with van der Waals surface area (Å²) in [5.74, 6) is -0.199. The van der Waals surface area contributed by atoms with E-state index < -0.39 is 0 Å². The first-order valence-electron chi connectivity index (χ1n) is 1.56. The molecule has 7 heavy (non-hydrogen) atoms. The maximum absolute atomic E-state index is 9.92. The number of amides is 1. The van der Waals surface area contributed by atoms with Crippen molar-refractivity contribution in [3.8, 4) is 0 Å². The van der Waals surface area contributed by atoms with Gasteiger partial charge in [0, 0.05) is 9.90 Å². The fraction of sp³-hybridized carbons (Fsp3) is 0.500. The van der Waals surface area contributed by atoms with Crippen molar-refractivity contribution in [3.63, 3.8) is 0 Å². The largest absolute Gasteiger partial charge is 0.287 e. The molecule has 3 radical (unpaired) electrons. The minimum absolute atomic E-state index is 0. The second-order valence-corrected chi connectivity index (χ2v) is 0.929. The van der Waals surface area contributed by atoms with E-state index in [1.165, 1.54) is 0 Å². The number of carbonyl (C=O) groups is 1. The molecule has 1 rings (SSSR count). The van der Waals surface area contributed by atoms with Gasteiger partial charge < -0.3 is 0 Å². The summed E-state index contributed by atoms with van der Waals surface area (Å²) in [6.45, 7) is 0.264. The Labute approximate surface area is 44.0 Å². The van der Waals surface area contributed by atoms with Gasteiger partial charge in [-0.15, -0.1) is 0 Å². The molecule has 0 atom stereocenters. The van der Waals surface area contributed by atoms with Gasteiger partial charge in [-0.2, -0.15) is 0 Å². The van der Waals surface area contributed by atoms with Crippen molar-refractivity contribution in [1.82, 2.24) is 5.43 Å². The maximum Gasteiger partial charge on any atom is 0.287 e. The van der Waals surface area contributed by atoms with Crippen LogP contribution in [0, 0.1) is 0 Å². The summed E-state index contributed by atoms with van der Waals surface area (Å²) in [6.07, 6.45) is 0. The second-order valence-electron chi connectivity index (χ2n) is 0.929. The third kappa shape index (κ3) is 1.59. The molecule has 0 fully saturated rings. The van der Waals surface area contributed by atoms with Gasteiger partial charge in [-0.05, 0) is 0 Å². The minimum Gasteiger partial charge on any atom is -0.282 e. The summed E-state index contributed by atoms with van der Waals surface area (Å²) in [6, 6.07) is 0. The lowest BCUT2D eigenvalue weighted by Gasteiger charge is -1.71. The minimum atomic E-state index is -0.199. The van der Waals surface area contributed by atoms with Crippen molar-refractivity contribution < 1.29 is 4.79 Å². The molecule has 1 aliphatic rings. The summed E-state index contributed by atoms with van der Waals surface area (Å²) in [5.41, 5.74) is 2.38. The zero-order valence-corrected chi connectivity index (χ0v) is 4.35. The van der Waals surface area contributed by atoms with Crippen LogP contribution in [0.5, 0.6) is 0 Å². The van der Waals surface area contributed by atoms with E-state index in [4.69, 9.17) is 0 Å². The maximum atomic E-state index is 9.92. The highest BCUT2D eigenvalue weighted by molar-refractivity contribution is 6.92. The van der Waals surface area contributed by atoms with Crippen molar-refractivity contribution in [2.75, 3.05) is 6.54 Å². The zero-order valence-electron chi connectivity index (χ0n) is 3.46. The number of rotatable bonds is 0. The quantitative estimate of drug-likeness (QED) is 0.464. The Hall–Kier alpha value is -0.500. The van der Waals surface area contributed by atoms with Crippen LogP contribution in [-0.2, 0) is 4.79 Å². The molecule has 1 amide bonds. The lowest BCUT2D eigenvalue weighted by Crippen LogP contribution is -2.05. The Morgan fingerprint density at radius 1 is 1.71 bits per heavy atom. The Balaban J connectivity index is 0.000000360. The van der Waals surface area contributed by atoms with Gasteiger partial charge in [-0.25, -0.2) is 0 Å². The third-order valence-electron chi connectivity index (χ3n) is 0.463. The van der Waals surface area contributed by atoms with Gasteiger partial charge in [0.25, 0.3) is 5.91 Å². The van der Waals surface area contributed by atoms with E-state index in [9.17, 15) is 4.79 Å². The summed E-state index contributed by atoms with van der Waals surface area (Å²) < 4.78 is 0. The monoisotopic (exact) mass is 116 g/mol. The first-order valence-corrected chi connectivity index (χ1v) is 1.56. The van der Waals surface area contributed by atoms with E-state index in [1.807, 2.05) is 0 Å². The average Bonchev–Trinajstić information content (AvgIpc) is 1.86. The molecule has 0 aromatic heterocycles. The van der Waals surface area contributed by atoms with Gasteiger partial charge in [0.05, 0.1) is 0 Å². The first kappa shape index (κ1) is 6.50. The third-order valence-corrected chi connectivity index (χ3v) is 0.463. The number of nitrogens with one attached hydrogen (secondary N) is 1. The van der Waals surface area contributed by atoms with Crippen LogP contribution in [0.4, 0.5) is 0 Å². The molecule has 0 unspecified atom stereocenters. The van der Waals surface area contributed by atoms with Crippen LogP contribution in [0.15, 0.2) is 10.3 Å². The van der Waals surface area contributed by atoms with E-state index in [0.29, 0.717) is 0 Å². The number of nitrogens with zero attached hydrogens (tertiary/aromatic N) is 2. The van der Waals surface area contributed by atoms with Crippen molar-refractivity contribution in [2.24, 2.45) is 10.3 Å². The first-order chi connectivity index (χ1) is 2.89. The molecule has 1 heterocycles. The number of hydrogen-bond donors (Lipinski definition) is 1. The van der Waals surface area contributed by atoms with Crippen LogP contribution in [-0.4, -0.2) is 12.5 Å². The molecule has 0 bridgehead atoms. The van der Waals surface area contributed by atoms with Crippen molar-refractivity contribution in [2.45, 2.75) is 0 Å². The molecule has 0 aromatic rings. The zero-order chi connectivity index (χ0) is 4.41. The number of carbonyl (C=O) groups excluding carboxylic acids is 1. The molecule has 4 nitrogen and oxygen atoms in total. The summed E-state index contributed by atoms with van der Waals surface area (Å²) in [7, 11) is 0. The molecule has 37 valence electrons. The summed E-state index contributed by atoms with van der Waals surface area (Å²) in [5, 5.41) is 6.30. The summed E-state index contributed by atoms with van der Waals surface area (Å²) in [4.78, 5) is 9.92. The van der Waals surface area contributed by atoms with Crippen LogP contribution >= 0.6 is 9.90 Å². The predicted octanol–water partition coefficient (Wildman–Crippen LogP) is 0.345. The Morgan fingerprint density at radius 3 is 2.57 bits per heavy atom. The van der Waals surface area contributed by atoms with Gasteiger partial charge in [-0.1, -0.05) is 10.3 Å². The molecule has 1 N–H and O–H groups in total. The van der Waals surface area contributed by atoms with Crippen LogP contribution in [0.2, 0.25) is 0 Å². The molecule has 0 aliphatic carbocycles. The van der Waals surface area contributed by atoms with E-state index in [1.54, 1.807) is 0 Å². The Bertz CT molecular complexity index is 101. The highest BCUT2D eigenvalue weighted by atomic mass is 31.0. The van der Waals surface area contributed by atoms with E-state index in [-0.39, 0.29) is 22.4 Å². The van der Waals surface area contributed by atoms with Gasteiger partial charge in [-0.3, -0.25) is 10.2 Å². The van der Waals surface area contributed by atoms with Gasteiger partial charge in [0.15, 0.2) is 0 Å². The van der Waals surface area contributed by atoms with E-state index >= 15 is 0 Å². The summed E-state index contributed by atoms with van der Waals surface area (Å²) >= 11 is 0. The van der Waals surface area contributed by atoms with Gasteiger partial charge in [0.1, 0.15) is 6.54 Å². The lowest BCUT2D eigenvalue weighted by molar-refractivity contribution is -0.116. The molecular formula is C2H3N3OP. The van der Waals surface area contributed by atoms with E-state index in [0.717, 1.165) is 0 Å². The van der Waals surface area contributed by atoms with Crippen LogP contribution in [0.1, 0.15) is 0 Å². The normalized spacial score (nSPS) is 15.7. The molecule has 0 saturated carbocycles. The highest BCUT2D eigenvalue weighted by Gasteiger charge is 2.00. The number of hydrogen-bond acceptors (Lipinski definition) is 3. The average molecular weight is 116 g/mol. The lowest BCUT2D eigenvalue weighted by atomic mass is 10.7. The fourth-order valence-corrected chi connectivity index (χ4v) is 0.229. The van der Waals surface area contributed by atoms with Crippen LogP contribution in [0.3, 0.4) is 0 Å². The predicted molar refractivity (Wildman–Crippen MR) is 24.8 cm³/mol. The molecular weight excluding hydrogens is 113 g/mol. The topological polar surface area (TPSA) is 53.8 Å². The van der Waals surface area contributed by atoms with Crippen molar-refractivity contribution in [3.05, 3.63) is 0 Å². The van der Waals surface area contributed by atoms with Gasteiger partial charge in [0.2, 0.25) is 0 Å². The highest BCUT2D eigenvalue weighted by Crippen LogP contribution is 1.80. The molecule has 5 heteroatoms. The standard InChI is InChI=1S/C2H3N3O.P/c6-2-1-3-5-4-2;/h1H2,(H,3,4,6);. The Kier molecular flexibility index (Phi) is 2.45. The second kappa shape index (κ2) is 2.64. The smallest absolute Gasteiger partial charge is 0.282 e. The fourth-order valence-electron chi connectivity index (χ4n) is 0.229. The molecule has 0 spiro atoms. The van der Waals surface area contributed by atoms with Crippen LogP contribution in [0.25, 0.3) is 0 Å². The van der Waals surface area contributed by atoms with Gasteiger partial charge >= 0.3 is 0 Å². The SMILES string of the molecule is O=C1CNN=N1.[P].